The van der Waals surface area contributed by atoms with Crippen molar-refractivity contribution in [3.8, 4) is 11.5 Å². The van der Waals surface area contributed by atoms with Crippen LogP contribution in [-0.4, -0.2) is 33.8 Å². The van der Waals surface area contributed by atoms with E-state index in [2.05, 4.69) is 10.0 Å². The summed E-state index contributed by atoms with van der Waals surface area (Å²) in [5.74, 6) is -0.336. The molecule has 2 rings (SSSR count). The zero-order valence-corrected chi connectivity index (χ0v) is 16.9. The van der Waals surface area contributed by atoms with Crippen LogP contribution in [0.2, 0.25) is 5.02 Å². The molecule has 0 aliphatic heterocycles. The Balaban J connectivity index is 1.94. The lowest BCUT2D eigenvalue weighted by molar-refractivity contribution is -0.116. The Hall–Kier alpha value is -2.52. The molecule has 7 nitrogen and oxygen atoms in total. The standard InChI is InChI=1S/C18H20ClFN2O5S/c1-3-28(24,25)22-15-6-5-13(11-17(15)26-2)21-18(23)8-9-27-16-7-4-12(20)10-14(16)19/h4-7,10-11,22H,3,8-9H2,1-2H3,(H,21,23). The topological polar surface area (TPSA) is 93.7 Å². The normalized spacial score (nSPS) is 11.0. The van der Waals surface area contributed by atoms with Crippen LogP contribution in [0.15, 0.2) is 36.4 Å². The number of carbonyl (C=O) groups is 1. The number of hydrogen-bond donors (Lipinski definition) is 2. The van der Waals surface area contributed by atoms with Crippen molar-refractivity contribution in [3.05, 3.63) is 47.2 Å². The monoisotopic (exact) mass is 430 g/mol. The highest BCUT2D eigenvalue weighted by Gasteiger charge is 2.13. The fraction of sp³-hybridized carbons (Fsp3) is 0.278. The maximum Gasteiger partial charge on any atom is 0.232 e. The Morgan fingerprint density at radius 3 is 2.57 bits per heavy atom. The number of carbonyl (C=O) groups excluding carboxylic acids is 1. The minimum Gasteiger partial charge on any atom is -0.494 e. The van der Waals surface area contributed by atoms with Gasteiger partial charge in [-0.3, -0.25) is 9.52 Å². The molecule has 2 aromatic rings. The van der Waals surface area contributed by atoms with Crippen molar-refractivity contribution < 1.29 is 27.1 Å². The second-order valence-corrected chi connectivity index (χ2v) is 8.06. The van der Waals surface area contributed by atoms with E-state index in [0.29, 0.717) is 5.69 Å². The van der Waals surface area contributed by atoms with Gasteiger partial charge in [0.1, 0.15) is 17.3 Å². The summed E-state index contributed by atoms with van der Waals surface area (Å²) < 4.78 is 49.3. The van der Waals surface area contributed by atoms with Gasteiger partial charge in [0.25, 0.3) is 0 Å². The van der Waals surface area contributed by atoms with E-state index in [1.165, 1.54) is 38.3 Å². The van der Waals surface area contributed by atoms with Gasteiger partial charge in [-0.1, -0.05) is 11.6 Å². The smallest absolute Gasteiger partial charge is 0.232 e. The molecule has 2 N–H and O–H groups in total. The molecule has 0 radical (unpaired) electrons. The number of anilines is 2. The number of sulfonamides is 1. The van der Waals surface area contributed by atoms with Gasteiger partial charge in [0, 0.05) is 11.8 Å². The molecule has 0 aromatic heterocycles. The second-order valence-electron chi connectivity index (χ2n) is 5.64. The van der Waals surface area contributed by atoms with Gasteiger partial charge < -0.3 is 14.8 Å². The van der Waals surface area contributed by atoms with E-state index in [1.807, 2.05) is 0 Å². The molecular formula is C18H20ClFN2O5S. The Morgan fingerprint density at radius 1 is 1.18 bits per heavy atom. The molecule has 0 saturated carbocycles. The van der Waals surface area contributed by atoms with Gasteiger partial charge in [0.15, 0.2) is 0 Å². The summed E-state index contributed by atoms with van der Waals surface area (Å²) in [7, 11) is -2.06. The number of hydrogen-bond acceptors (Lipinski definition) is 5. The maximum absolute atomic E-state index is 13.0. The van der Waals surface area contributed by atoms with Gasteiger partial charge in [-0.25, -0.2) is 12.8 Å². The van der Waals surface area contributed by atoms with Gasteiger partial charge in [-0.05, 0) is 37.3 Å². The molecule has 0 heterocycles. The number of halogens is 2. The fourth-order valence-electron chi connectivity index (χ4n) is 2.16. The number of methoxy groups -OCH3 is 1. The lowest BCUT2D eigenvalue weighted by Gasteiger charge is -2.13. The molecule has 10 heteroatoms. The van der Waals surface area contributed by atoms with Crippen LogP contribution in [0.1, 0.15) is 13.3 Å². The summed E-state index contributed by atoms with van der Waals surface area (Å²) in [6.07, 6.45) is 0.0280. The van der Waals surface area contributed by atoms with Crippen molar-refractivity contribution in [2.24, 2.45) is 0 Å². The molecule has 28 heavy (non-hydrogen) atoms. The Bertz CT molecular complexity index is 953. The minimum atomic E-state index is -3.45. The number of ether oxygens (including phenoxy) is 2. The van der Waals surface area contributed by atoms with Crippen LogP contribution < -0.4 is 19.5 Å². The van der Waals surface area contributed by atoms with Crippen molar-refractivity contribution in [1.82, 2.24) is 0 Å². The lowest BCUT2D eigenvalue weighted by atomic mass is 10.2. The first kappa shape index (κ1) is 21.8. The molecule has 152 valence electrons. The van der Waals surface area contributed by atoms with Crippen molar-refractivity contribution in [3.63, 3.8) is 0 Å². The molecule has 0 aliphatic rings. The van der Waals surface area contributed by atoms with E-state index < -0.39 is 15.8 Å². The first-order valence-electron chi connectivity index (χ1n) is 8.30. The molecule has 1 amide bonds. The summed E-state index contributed by atoms with van der Waals surface area (Å²) in [6, 6.07) is 8.27. The molecule has 0 unspecified atom stereocenters. The number of nitrogens with one attached hydrogen (secondary N) is 2. The van der Waals surface area contributed by atoms with Crippen molar-refractivity contribution in [1.29, 1.82) is 0 Å². The van der Waals surface area contributed by atoms with Gasteiger partial charge >= 0.3 is 0 Å². The first-order chi connectivity index (χ1) is 13.2. The van der Waals surface area contributed by atoms with E-state index in [4.69, 9.17) is 21.1 Å². The summed E-state index contributed by atoms with van der Waals surface area (Å²) in [6.45, 7) is 1.56. The molecule has 0 atom stereocenters. The van der Waals surface area contributed by atoms with E-state index in [9.17, 15) is 17.6 Å². The van der Waals surface area contributed by atoms with Crippen molar-refractivity contribution in [2.75, 3.05) is 29.5 Å². The minimum absolute atomic E-state index is 0.0280. The van der Waals surface area contributed by atoms with Crippen molar-refractivity contribution in [2.45, 2.75) is 13.3 Å². The van der Waals surface area contributed by atoms with Crippen LogP contribution in [0.4, 0.5) is 15.8 Å². The average molecular weight is 431 g/mol. The quantitative estimate of drug-likeness (QED) is 0.633. The highest BCUT2D eigenvalue weighted by molar-refractivity contribution is 7.92. The van der Waals surface area contributed by atoms with E-state index in [1.54, 1.807) is 6.07 Å². The zero-order chi connectivity index (χ0) is 20.7. The predicted molar refractivity (Wildman–Crippen MR) is 106 cm³/mol. The maximum atomic E-state index is 13.0. The molecule has 0 bridgehead atoms. The highest BCUT2D eigenvalue weighted by Crippen LogP contribution is 2.29. The third kappa shape index (κ3) is 6.28. The van der Waals surface area contributed by atoms with Crippen LogP contribution in [0.5, 0.6) is 11.5 Å². The molecular weight excluding hydrogens is 411 g/mol. The van der Waals surface area contributed by atoms with Crippen molar-refractivity contribution >= 4 is 38.9 Å². The third-order valence-electron chi connectivity index (χ3n) is 3.61. The molecule has 2 aromatic carbocycles. The fourth-order valence-corrected chi connectivity index (χ4v) is 3.03. The zero-order valence-electron chi connectivity index (χ0n) is 15.3. The summed E-state index contributed by atoms with van der Waals surface area (Å²) in [5, 5.41) is 2.78. The first-order valence-corrected chi connectivity index (χ1v) is 10.3. The Kier molecular flexibility index (Phi) is 7.47. The largest absolute Gasteiger partial charge is 0.494 e. The SMILES string of the molecule is CCS(=O)(=O)Nc1ccc(NC(=O)CCOc2ccc(F)cc2Cl)cc1OC. The summed E-state index contributed by atoms with van der Waals surface area (Å²) >= 11 is 5.85. The Morgan fingerprint density at radius 2 is 1.93 bits per heavy atom. The molecule has 0 spiro atoms. The van der Waals surface area contributed by atoms with Gasteiger partial charge in [0.2, 0.25) is 15.9 Å². The Labute approximate surface area is 167 Å². The second kappa shape index (κ2) is 9.61. The molecule has 0 saturated heterocycles. The number of benzene rings is 2. The van der Waals surface area contributed by atoms with Crippen LogP contribution in [-0.2, 0) is 14.8 Å². The van der Waals surface area contributed by atoms with Crippen LogP contribution in [0, 0.1) is 5.82 Å². The third-order valence-corrected chi connectivity index (χ3v) is 5.20. The van der Waals surface area contributed by atoms with E-state index in [0.717, 1.165) is 6.07 Å². The van der Waals surface area contributed by atoms with Crippen LogP contribution in [0.3, 0.4) is 0 Å². The van der Waals surface area contributed by atoms with Crippen LogP contribution >= 0.6 is 11.6 Å². The molecule has 0 aliphatic carbocycles. The molecule has 0 fully saturated rings. The van der Waals surface area contributed by atoms with E-state index >= 15 is 0 Å². The van der Waals surface area contributed by atoms with E-state index in [-0.39, 0.29) is 46.9 Å². The lowest BCUT2D eigenvalue weighted by Crippen LogP contribution is -2.17. The van der Waals surface area contributed by atoms with Crippen LogP contribution in [0.25, 0.3) is 0 Å². The number of amides is 1. The summed E-state index contributed by atoms with van der Waals surface area (Å²) in [5.41, 5.74) is 0.706. The summed E-state index contributed by atoms with van der Waals surface area (Å²) in [4.78, 5) is 12.1. The average Bonchev–Trinajstić information content (AvgIpc) is 2.64. The van der Waals surface area contributed by atoms with Gasteiger partial charge in [0.05, 0.1) is 36.6 Å². The number of rotatable bonds is 9. The highest BCUT2D eigenvalue weighted by atomic mass is 35.5. The predicted octanol–water partition coefficient (Wildman–Crippen LogP) is 3.66. The van der Waals surface area contributed by atoms with Gasteiger partial charge in [-0.2, -0.15) is 0 Å². The van der Waals surface area contributed by atoms with Gasteiger partial charge in [-0.15, -0.1) is 0 Å².